The molecule has 0 atom stereocenters. The Labute approximate surface area is 358 Å². The minimum Gasteiger partial charge on any atom is -0.455 e. The van der Waals surface area contributed by atoms with Crippen LogP contribution in [-0.4, -0.2) is 19.5 Å². The molecule has 0 unspecified atom stereocenters. The first-order valence-corrected chi connectivity index (χ1v) is 21.2. The maximum Gasteiger partial charge on any atom is 0.167 e. The van der Waals surface area contributed by atoms with Gasteiger partial charge in [-0.15, -0.1) is 0 Å². The second-order valence-corrected chi connectivity index (χ2v) is 16.3. The van der Waals surface area contributed by atoms with Crippen LogP contribution in [0, 0.1) is 0 Å². The third-order valence-corrected chi connectivity index (χ3v) is 12.8. The molecule has 292 valence electrons. The van der Waals surface area contributed by atoms with Gasteiger partial charge in [-0.3, -0.25) is 0 Å². The van der Waals surface area contributed by atoms with Crippen LogP contribution in [0.2, 0.25) is 0 Å². The van der Waals surface area contributed by atoms with E-state index in [-0.39, 0.29) is 0 Å². The molecule has 0 radical (unpaired) electrons. The molecule has 0 amide bonds. The van der Waals surface area contributed by atoms with Crippen molar-refractivity contribution in [1.82, 2.24) is 19.5 Å². The Morgan fingerprint density at radius 3 is 1.79 bits per heavy atom. The summed E-state index contributed by atoms with van der Waals surface area (Å²) >= 11 is 0. The van der Waals surface area contributed by atoms with Crippen molar-refractivity contribution in [2.45, 2.75) is 0 Å². The van der Waals surface area contributed by atoms with Crippen molar-refractivity contribution in [2.24, 2.45) is 0 Å². The van der Waals surface area contributed by atoms with Gasteiger partial charge in [0.1, 0.15) is 22.3 Å². The summed E-state index contributed by atoms with van der Waals surface area (Å²) in [7, 11) is 0. The minimum atomic E-state index is 0.516. The Balaban J connectivity index is 1.16. The molecular weight excluding hydrogens is 773 g/mol. The van der Waals surface area contributed by atoms with Crippen LogP contribution in [-0.2, 0) is 0 Å². The number of aromatic nitrogens is 4. The Bertz CT molecular complexity index is 4230. The van der Waals surface area contributed by atoms with Crippen molar-refractivity contribution in [3.8, 4) is 39.9 Å². The van der Waals surface area contributed by atoms with Gasteiger partial charge in [0.25, 0.3) is 0 Å². The predicted molar refractivity (Wildman–Crippen MR) is 258 cm³/mol. The number of furan rings is 2. The molecule has 0 saturated carbocycles. The van der Waals surface area contributed by atoms with Crippen LogP contribution in [0.5, 0.6) is 0 Å². The zero-order valence-electron chi connectivity index (χ0n) is 33.6. The summed E-state index contributed by atoms with van der Waals surface area (Å²) in [4.78, 5) is 16.4. The summed E-state index contributed by atoms with van der Waals surface area (Å²) in [6.07, 6.45) is 0. The van der Waals surface area contributed by atoms with Gasteiger partial charge in [0.15, 0.2) is 17.5 Å². The molecule has 0 aliphatic rings. The number of hydrogen-bond acceptors (Lipinski definition) is 5. The van der Waals surface area contributed by atoms with Crippen molar-refractivity contribution in [3.63, 3.8) is 0 Å². The first kappa shape index (κ1) is 34.1. The van der Waals surface area contributed by atoms with Crippen LogP contribution in [0.3, 0.4) is 0 Å². The summed E-state index contributed by atoms with van der Waals surface area (Å²) in [5.74, 6) is 1.61. The number of hydrogen-bond donors (Lipinski definition) is 0. The molecule has 0 fully saturated rings. The molecule has 0 bridgehead atoms. The third-order valence-electron chi connectivity index (χ3n) is 12.8. The second kappa shape index (κ2) is 12.9. The first-order valence-electron chi connectivity index (χ1n) is 21.2. The number of para-hydroxylation sites is 3. The standard InChI is InChI=1S/C57H32N4O2/c1-2-16-36-32-48-45(31-35(36)15-1)39-20-7-9-25-46(39)61(48)47-29-30-50-51(43-28-27-34-14-4-6-19-38(34)53(43)63-50)52(47)57-59-55(42-23-11-17-33-13-3-5-18-37(33)42)58-56(60-57)44-24-12-22-41-40-21-8-10-26-49(40)62-54(41)44/h1-32H. The van der Waals surface area contributed by atoms with Crippen molar-refractivity contribution < 1.29 is 8.83 Å². The van der Waals surface area contributed by atoms with Gasteiger partial charge in [0, 0.05) is 43.3 Å². The molecule has 0 saturated heterocycles. The highest BCUT2D eigenvalue weighted by Crippen LogP contribution is 2.46. The maximum atomic E-state index is 6.92. The van der Waals surface area contributed by atoms with E-state index < -0.39 is 0 Å². The molecule has 0 aliphatic carbocycles. The van der Waals surface area contributed by atoms with E-state index in [1.807, 2.05) is 18.2 Å². The van der Waals surface area contributed by atoms with Gasteiger partial charge in [0.05, 0.1) is 27.8 Å². The van der Waals surface area contributed by atoms with Crippen LogP contribution in [0.15, 0.2) is 203 Å². The molecule has 4 heterocycles. The van der Waals surface area contributed by atoms with E-state index in [1.54, 1.807) is 0 Å². The molecule has 6 heteroatoms. The lowest BCUT2D eigenvalue weighted by Crippen LogP contribution is -2.04. The fourth-order valence-corrected chi connectivity index (χ4v) is 9.98. The van der Waals surface area contributed by atoms with Gasteiger partial charge < -0.3 is 13.4 Å². The van der Waals surface area contributed by atoms with E-state index in [4.69, 9.17) is 23.8 Å². The summed E-state index contributed by atoms with van der Waals surface area (Å²) in [5.41, 5.74) is 8.76. The van der Waals surface area contributed by atoms with Crippen LogP contribution in [0.4, 0.5) is 0 Å². The molecule has 10 aromatic carbocycles. The summed E-state index contributed by atoms with van der Waals surface area (Å²) in [6, 6.07) is 67.9. The van der Waals surface area contributed by atoms with Crippen LogP contribution < -0.4 is 0 Å². The minimum absolute atomic E-state index is 0.516. The Hall–Kier alpha value is -8.61. The third kappa shape index (κ3) is 4.97. The molecule has 0 N–H and O–H groups in total. The Morgan fingerprint density at radius 2 is 0.937 bits per heavy atom. The monoisotopic (exact) mass is 804 g/mol. The smallest absolute Gasteiger partial charge is 0.167 e. The molecule has 14 aromatic rings. The van der Waals surface area contributed by atoms with E-state index in [9.17, 15) is 0 Å². The predicted octanol–water partition coefficient (Wildman–Crippen LogP) is 15.2. The number of fused-ring (bicyclic) bond motifs is 13. The zero-order valence-corrected chi connectivity index (χ0v) is 33.6. The normalized spacial score (nSPS) is 12.1. The molecule has 4 aromatic heterocycles. The van der Waals surface area contributed by atoms with Crippen molar-refractivity contribution in [3.05, 3.63) is 194 Å². The SMILES string of the molecule is c1ccc2cc3c(cc2c1)c1ccccc1n3-c1ccc2oc3c4ccccc4ccc3c2c1-c1nc(-c2cccc3ccccc23)nc(-c2cccc3c2oc2ccccc23)n1. The van der Waals surface area contributed by atoms with E-state index in [0.717, 1.165) is 110 Å². The highest BCUT2D eigenvalue weighted by atomic mass is 16.3. The lowest BCUT2D eigenvalue weighted by atomic mass is 10.00. The average molecular weight is 805 g/mol. The largest absolute Gasteiger partial charge is 0.455 e. The van der Waals surface area contributed by atoms with E-state index >= 15 is 0 Å². The van der Waals surface area contributed by atoms with Crippen LogP contribution in [0.25, 0.3) is 138 Å². The molecule has 63 heavy (non-hydrogen) atoms. The number of rotatable bonds is 4. The van der Waals surface area contributed by atoms with Crippen molar-refractivity contribution in [1.29, 1.82) is 0 Å². The Kier molecular flexibility index (Phi) is 7.02. The van der Waals surface area contributed by atoms with Crippen molar-refractivity contribution >= 4 is 98.0 Å². The van der Waals surface area contributed by atoms with Gasteiger partial charge in [-0.05, 0) is 75.5 Å². The van der Waals surface area contributed by atoms with Gasteiger partial charge in [-0.2, -0.15) is 0 Å². The molecule has 0 aliphatic heterocycles. The molecule has 6 nitrogen and oxygen atoms in total. The van der Waals surface area contributed by atoms with E-state index in [0.29, 0.717) is 17.5 Å². The van der Waals surface area contributed by atoms with E-state index in [2.05, 4.69) is 180 Å². The summed E-state index contributed by atoms with van der Waals surface area (Å²) < 4.78 is 15.9. The fourth-order valence-electron chi connectivity index (χ4n) is 9.98. The first-order chi connectivity index (χ1) is 31.2. The zero-order chi connectivity index (χ0) is 41.2. The number of benzene rings is 10. The highest BCUT2D eigenvalue weighted by Gasteiger charge is 2.26. The van der Waals surface area contributed by atoms with Gasteiger partial charge in [0.2, 0.25) is 0 Å². The lowest BCUT2D eigenvalue weighted by Gasteiger charge is -2.16. The number of nitrogens with zero attached hydrogens (tertiary/aromatic N) is 4. The van der Waals surface area contributed by atoms with Gasteiger partial charge in [-0.25, -0.2) is 15.0 Å². The van der Waals surface area contributed by atoms with Gasteiger partial charge in [-0.1, -0.05) is 146 Å². The Morgan fingerprint density at radius 1 is 0.333 bits per heavy atom. The fraction of sp³-hybridized carbons (Fsp3) is 0. The van der Waals surface area contributed by atoms with Crippen molar-refractivity contribution in [2.75, 3.05) is 0 Å². The quantitative estimate of drug-likeness (QED) is 0.177. The average Bonchev–Trinajstić information content (AvgIpc) is 4.02. The molecular formula is C57H32N4O2. The van der Waals surface area contributed by atoms with Crippen LogP contribution in [0.1, 0.15) is 0 Å². The van der Waals surface area contributed by atoms with Crippen LogP contribution >= 0.6 is 0 Å². The summed E-state index contributed by atoms with van der Waals surface area (Å²) in [6.45, 7) is 0. The van der Waals surface area contributed by atoms with E-state index in [1.165, 1.54) is 10.8 Å². The topological polar surface area (TPSA) is 69.9 Å². The highest BCUT2D eigenvalue weighted by molar-refractivity contribution is 6.21. The lowest BCUT2D eigenvalue weighted by molar-refractivity contribution is 0.669. The molecule has 14 rings (SSSR count). The molecule has 0 spiro atoms. The second-order valence-electron chi connectivity index (χ2n) is 16.3. The summed E-state index contributed by atoms with van der Waals surface area (Å²) in [5, 5.41) is 13.0. The van der Waals surface area contributed by atoms with Gasteiger partial charge >= 0.3 is 0 Å². The maximum absolute atomic E-state index is 6.92.